The molecule has 6 heteroatoms. The summed E-state index contributed by atoms with van der Waals surface area (Å²) in [7, 11) is 4.35. The number of rotatable bonds is 4. The highest BCUT2D eigenvalue weighted by Crippen LogP contribution is 2.32. The Bertz CT molecular complexity index is 1080. The highest BCUT2D eigenvalue weighted by molar-refractivity contribution is 5.98. The fourth-order valence-electron chi connectivity index (χ4n) is 4.98. The standard InChI is InChI=1S/C25H30N4O.ClH/c1-26-12-11-23-22(17-26)21-9-8-20(16-24(21)27(23)2)29-15-14-28(18-25(29)30)13-10-19-6-4-3-5-7-19;/h3-9,16H,10-15,17-18H2,1-2H3;1H. The molecule has 3 heterocycles. The van der Waals surface area contributed by atoms with Gasteiger partial charge in [-0.3, -0.25) is 9.69 Å². The van der Waals surface area contributed by atoms with Crippen molar-refractivity contribution in [2.24, 2.45) is 7.05 Å². The number of piperazine rings is 1. The van der Waals surface area contributed by atoms with Crippen LogP contribution in [0.5, 0.6) is 0 Å². The first-order valence-electron chi connectivity index (χ1n) is 11.0. The van der Waals surface area contributed by atoms with E-state index in [1.165, 1.54) is 27.7 Å². The van der Waals surface area contributed by atoms with Gasteiger partial charge in [0.15, 0.2) is 0 Å². The lowest BCUT2D eigenvalue weighted by molar-refractivity contribution is -0.121. The van der Waals surface area contributed by atoms with Gasteiger partial charge in [-0.15, -0.1) is 12.4 Å². The first-order chi connectivity index (χ1) is 14.6. The van der Waals surface area contributed by atoms with Gasteiger partial charge in [-0.1, -0.05) is 36.4 Å². The summed E-state index contributed by atoms with van der Waals surface area (Å²) in [5.74, 6) is 0.201. The molecule has 164 valence electrons. The van der Waals surface area contributed by atoms with Gasteiger partial charge in [0.2, 0.25) is 5.91 Å². The van der Waals surface area contributed by atoms with Crippen molar-refractivity contribution in [1.29, 1.82) is 0 Å². The van der Waals surface area contributed by atoms with Crippen LogP contribution in [0.15, 0.2) is 48.5 Å². The van der Waals surface area contributed by atoms with Crippen LogP contribution < -0.4 is 4.90 Å². The summed E-state index contributed by atoms with van der Waals surface area (Å²) >= 11 is 0. The summed E-state index contributed by atoms with van der Waals surface area (Å²) in [5.41, 5.74) is 6.49. The van der Waals surface area contributed by atoms with E-state index in [9.17, 15) is 4.79 Å². The Morgan fingerprint density at radius 2 is 1.74 bits per heavy atom. The summed E-state index contributed by atoms with van der Waals surface area (Å²) in [4.78, 5) is 19.6. The number of aromatic nitrogens is 1. The zero-order valence-corrected chi connectivity index (χ0v) is 19.2. The van der Waals surface area contributed by atoms with Crippen LogP contribution in [0.3, 0.4) is 0 Å². The van der Waals surface area contributed by atoms with E-state index in [1.807, 2.05) is 11.0 Å². The second-order valence-corrected chi connectivity index (χ2v) is 8.73. The number of anilines is 1. The smallest absolute Gasteiger partial charge is 0.241 e. The van der Waals surface area contributed by atoms with E-state index in [0.717, 1.165) is 51.3 Å². The molecule has 0 unspecified atom stereocenters. The van der Waals surface area contributed by atoms with Gasteiger partial charge in [0.05, 0.1) is 12.1 Å². The molecule has 1 fully saturated rings. The van der Waals surface area contributed by atoms with Crippen molar-refractivity contribution in [2.45, 2.75) is 19.4 Å². The normalized spacial score (nSPS) is 17.6. The molecule has 2 aliphatic heterocycles. The van der Waals surface area contributed by atoms with E-state index >= 15 is 0 Å². The third-order valence-corrected chi connectivity index (χ3v) is 6.75. The number of nitrogens with zero attached hydrogens (tertiary/aromatic N) is 4. The van der Waals surface area contributed by atoms with Crippen LogP contribution >= 0.6 is 12.4 Å². The van der Waals surface area contributed by atoms with E-state index in [0.29, 0.717) is 6.54 Å². The quantitative estimate of drug-likeness (QED) is 0.625. The van der Waals surface area contributed by atoms with Gasteiger partial charge < -0.3 is 14.4 Å². The van der Waals surface area contributed by atoms with E-state index in [2.05, 4.69) is 70.9 Å². The topological polar surface area (TPSA) is 31.7 Å². The Morgan fingerprint density at radius 1 is 0.935 bits per heavy atom. The molecule has 5 nitrogen and oxygen atoms in total. The number of benzene rings is 2. The summed E-state index contributed by atoms with van der Waals surface area (Å²) < 4.78 is 2.34. The molecule has 3 aromatic rings. The predicted octanol–water partition coefficient (Wildman–Crippen LogP) is 3.48. The average molecular weight is 439 g/mol. The Hall–Kier alpha value is -2.34. The number of likely N-dealkylation sites (N-methyl/N-ethyl adjacent to an activating group) is 1. The lowest BCUT2D eigenvalue weighted by Crippen LogP contribution is -2.50. The number of carbonyl (C=O) groups is 1. The van der Waals surface area contributed by atoms with Gasteiger partial charge in [-0.25, -0.2) is 0 Å². The monoisotopic (exact) mass is 438 g/mol. The van der Waals surface area contributed by atoms with E-state index in [4.69, 9.17) is 0 Å². The minimum absolute atomic E-state index is 0. The van der Waals surface area contributed by atoms with Gasteiger partial charge in [-0.05, 0) is 36.7 Å². The molecule has 1 amide bonds. The molecular weight excluding hydrogens is 408 g/mol. The minimum atomic E-state index is 0. The number of amides is 1. The maximum Gasteiger partial charge on any atom is 0.241 e. The molecule has 0 aliphatic carbocycles. The van der Waals surface area contributed by atoms with Gasteiger partial charge in [0.1, 0.15) is 0 Å². The molecule has 31 heavy (non-hydrogen) atoms. The molecule has 0 bridgehead atoms. The third-order valence-electron chi connectivity index (χ3n) is 6.75. The second kappa shape index (κ2) is 9.03. The lowest BCUT2D eigenvalue weighted by atomic mass is 10.0. The molecule has 5 rings (SSSR count). The highest BCUT2D eigenvalue weighted by Gasteiger charge is 2.26. The zero-order valence-electron chi connectivity index (χ0n) is 18.4. The summed E-state index contributed by atoms with van der Waals surface area (Å²) in [6.07, 6.45) is 2.08. The van der Waals surface area contributed by atoms with Crippen LogP contribution in [-0.2, 0) is 31.2 Å². The van der Waals surface area contributed by atoms with Gasteiger partial charge in [0, 0.05) is 63.0 Å². The van der Waals surface area contributed by atoms with E-state index in [-0.39, 0.29) is 18.3 Å². The lowest BCUT2D eigenvalue weighted by Gasteiger charge is -2.34. The number of fused-ring (bicyclic) bond motifs is 3. The number of hydrogen-bond acceptors (Lipinski definition) is 3. The predicted molar refractivity (Wildman–Crippen MR) is 129 cm³/mol. The molecular formula is C25H31ClN4O. The summed E-state index contributed by atoms with van der Waals surface area (Å²) in [6.45, 7) is 5.22. The number of carbonyl (C=O) groups excluding carboxylic acids is 1. The molecule has 2 aromatic carbocycles. The second-order valence-electron chi connectivity index (χ2n) is 8.73. The van der Waals surface area contributed by atoms with Crippen molar-refractivity contribution in [2.75, 3.05) is 44.7 Å². The van der Waals surface area contributed by atoms with Gasteiger partial charge in [-0.2, -0.15) is 0 Å². The van der Waals surface area contributed by atoms with Crippen LogP contribution in [0.1, 0.15) is 16.8 Å². The highest BCUT2D eigenvalue weighted by atomic mass is 35.5. The molecule has 0 N–H and O–H groups in total. The molecule has 1 aromatic heterocycles. The van der Waals surface area contributed by atoms with Crippen molar-refractivity contribution in [1.82, 2.24) is 14.4 Å². The Labute approximate surface area is 190 Å². The summed E-state index contributed by atoms with van der Waals surface area (Å²) in [6, 6.07) is 17.1. The molecule has 2 aliphatic rings. The average Bonchev–Trinajstić information content (AvgIpc) is 3.04. The Morgan fingerprint density at radius 3 is 2.52 bits per heavy atom. The van der Waals surface area contributed by atoms with Gasteiger partial charge >= 0.3 is 0 Å². The van der Waals surface area contributed by atoms with Crippen LogP contribution in [0.2, 0.25) is 0 Å². The number of halogens is 1. The van der Waals surface area contributed by atoms with Crippen LogP contribution in [-0.4, -0.2) is 60.0 Å². The Kier molecular flexibility index (Phi) is 6.37. The number of aryl methyl sites for hydroxylation is 1. The number of hydrogen-bond donors (Lipinski definition) is 0. The van der Waals surface area contributed by atoms with Crippen molar-refractivity contribution < 1.29 is 4.79 Å². The van der Waals surface area contributed by atoms with Crippen molar-refractivity contribution in [3.8, 4) is 0 Å². The van der Waals surface area contributed by atoms with E-state index in [1.54, 1.807) is 0 Å². The van der Waals surface area contributed by atoms with Crippen LogP contribution in [0, 0.1) is 0 Å². The first kappa shape index (κ1) is 21.9. The SMILES string of the molecule is CN1CCc2c(c3ccc(N4CCN(CCc5ccccc5)CC4=O)cc3n2C)C1.Cl. The van der Waals surface area contributed by atoms with Crippen molar-refractivity contribution >= 4 is 34.9 Å². The molecule has 0 spiro atoms. The van der Waals surface area contributed by atoms with Gasteiger partial charge in [0.25, 0.3) is 0 Å². The zero-order chi connectivity index (χ0) is 20.7. The first-order valence-corrected chi connectivity index (χ1v) is 11.0. The van der Waals surface area contributed by atoms with E-state index < -0.39 is 0 Å². The minimum Gasteiger partial charge on any atom is -0.347 e. The molecule has 0 saturated carbocycles. The fourth-order valence-corrected chi connectivity index (χ4v) is 4.98. The fraction of sp³-hybridized carbons (Fsp3) is 0.400. The van der Waals surface area contributed by atoms with Crippen LogP contribution in [0.25, 0.3) is 10.9 Å². The maximum atomic E-state index is 12.9. The molecule has 0 atom stereocenters. The third kappa shape index (κ3) is 4.22. The largest absolute Gasteiger partial charge is 0.347 e. The van der Waals surface area contributed by atoms with Crippen molar-refractivity contribution in [3.63, 3.8) is 0 Å². The summed E-state index contributed by atoms with van der Waals surface area (Å²) in [5, 5.41) is 1.33. The maximum absolute atomic E-state index is 12.9. The Balaban J connectivity index is 0.00000231. The molecule has 0 radical (unpaired) electrons. The van der Waals surface area contributed by atoms with Crippen LogP contribution in [0.4, 0.5) is 5.69 Å². The molecule has 1 saturated heterocycles. The van der Waals surface area contributed by atoms with Crippen molar-refractivity contribution in [3.05, 3.63) is 65.4 Å².